The van der Waals surface area contributed by atoms with Gasteiger partial charge in [-0.15, -0.1) is 18.3 Å². The topological polar surface area (TPSA) is 38.3 Å². The Morgan fingerprint density at radius 3 is 2.45 bits per heavy atom. The highest BCUT2D eigenvalue weighted by Gasteiger charge is 2.31. The quantitative estimate of drug-likeness (QED) is 0.426. The molecule has 1 fully saturated rings. The lowest BCUT2D eigenvalue weighted by atomic mass is 9.91. The molecule has 0 radical (unpaired) electrons. The van der Waals surface area contributed by atoms with Crippen LogP contribution in [0.3, 0.4) is 0 Å². The van der Waals surface area contributed by atoms with Crippen LogP contribution in [0.15, 0.2) is 72.1 Å². The molecule has 2 atom stereocenters. The molecular formula is C25H31NO2S. The first-order chi connectivity index (χ1) is 14.2. The maximum absolute atomic E-state index is 13.3. The molecule has 0 unspecified atom stereocenters. The molecule has 0 bridgehead atoms. The number of nitrogens with one attached hydrogen (secondary N) is 1. The molecule has 2 aromatic carbocycles. The Bertz CT molecular complexity index is 769. The Morgan fingerprint density at radius 2 is 1.83 bits per heavy atom. The summed E-state index contributed by atoms with van der Waals surface area (Å²) in [7, 11) is 0. The molecule has 0 saturated heterocycles. The molecule has 0 spiro atoms. The molecule has 0 aromatic heterocycles. The molecule has 1 aliphatic carbocycles. The first kappa shape index (κ1) is 21.7. The van der Waals surface area contributed by atoms with Crippen molar-refractivity contribution in [2.75, 3.05) is 6.26 Å². The summed E-state index contributed by atoms with van der Waals surface area (Å²) in [6, 6.07) is 18.2. The smallest absolute Gasteiger partial charge is 0.230 e. The Kier molecular flexibility index (Phi) is 8.38. The number of ether oxygens (including phenoxy) is 1. The summed E-state index contributed by atoms with van der Waals surface area (Å²) in [5, 5.41) is 3.11. The maximum Gasteiger partial charge on any atom is 0.230 e. The zero-order chi connectivity index (χ0) is 20.5. The van der Waals surface area contributed by atoms with E-state index in [1.807, 2.05) is 42.5 Å². The number of thioether (sulfide) groups is 1. The molecule has 0 heterocycles. The van der Waals surface area contributed by atoms with Gasteiger partial charge in [-0.05, 0) is 42.4 Å². The van der Waals surface area contributed by atoms with Crippen molar-refractivity contribution in [2.45, 2.75) is 61.7 Å². The van der Waals surface area contributed by atoms with E-state index in [1.54, 1.807) is 17.8 Å². The molecule has 29 heavy (non-hydrogen) atoms. The van der Waals surface area contributed by atoms with Crippen LogP contribution in [0.25, 0.3) is 0 Å². The molecule has 3 nitrogen and oxygen atoms in total. The SMILES string of the molecule is C=C[C@@H](OC1CCCCC1)[C@H](C(=O)NCc1ccccc1)c1ccc(SC)cc1. The van der Waals surface area contributed by atoms with Crippen molar-refractivity contribution < 1.29 is 9.53 Å². The van der Waals surface area contributed by atoms with E-state index in [4.69, 9.17) is 4.74 Å². The average Bonchev–Trinajstić information content (AvgIpc) is 2.79. The lowest BCUT2D eigenvalue weighted by Crippen LogP contribution is -2.38. The van der Waals surface area contributed by atoms with Crippen molar-refractivity contribution in [3.63, 3.8) is 0 Å². The summed E-state index contributed by atoms with van der Waals surface area (Å²) in [5.41, 5.74) is 2.05. The third-order valence-corrected chi connectivity index (χ3v) is 6.27. The summed E-state index contributed by atoms with van der Waals surface area (Å²) < 4.78 is 6.40. The second-order valence-electron chi connectivity index (χ2n) is 7.55. The highest BCUT2D eigenvalue weighted by molar-refractivity contribution is 7.98. The minimum absolute atomic E-state index is 0.0218. The van der Waals surface area contributed by atoms with Crippen LogP contribution in [0.5, 0.6) is 0 Å². The molecule has 3 rings (SSSR count). The fourth-order valence-corrected chi connectivity index (χ4v) is 4.30. The molecule has 1 aliphatic rings. The van der Waals surface area contributed by atoms with E-state index in [-0.39, 0.29) is 18.1 Å². The van der Waals surface area contributed by atoms with Gasteiger partial charge in [-0.2, -0.15) is 0 Å². The first-order valence-corrected chi connectivity index (χ1v) is 11.7. The summed E-state index contributed by atoms with van der Waals surface area (Å²) >= 11 is 1.70. The summed E-state index contributed by atoms with van der Waals surface area (Å²) in [4.78, 5) is 14.5. The van der Waals surface area contributed by atoms with Gasteiger partial charge >= 0.3 is 0 Å². The Morgan fingerprint density at radius 1 is 1.14 bits per heavy atom. The van der Waals surface area contributed by atoms with Gasteiger partial charge in [0.15, 0.2) is 0 Å². The van der Waals surface area contributed by atoms with Crippen molar-refractivity contribution in [3.05, 3.63) is 78.4 Å². The molecule has 1 N–H and O–H groups in total. The van der Waals surface area contributed by atoms with Crippen LogP contribution >= 0.6 is 11.8 Å². The van der Waals surface area contributed by atoms with Crippen LogP contribution in [0.2, 0.25) is 0 Å². The van der Waals surface area contributed by atoms with Crippen molar-refractivity contribution in [1.82, 2.24) is 5.32 Å². The van der Waals surface area contributed by atoms with E-state index in [0.717, 1.165) is 24.0 Å². The van der Waals surface area contributed by atoms with Gasteiger partial charge in [0, 0.05) is 11.4 Å². The van der Waals surface area contributed by atoms with Crippen molar-refractivity contribution in [2.24, 2.45) is 0 Å². The predicted octanol–water partition coefficient (Wildman–Crippen LogP) is 5.71. The predicted molar refractivity (Wildman–Crippen MR) is 121 cm³/mol. The van der Waals surface area contributed by atoms with Crippen molar-refractivity contribution >= 4 is 17.7 Å². The van der Waals surface area contributed by atoms with Crippen LogP contribution < -0.4 is 5.32 Å². The fourth-order valence-electron chi connectivity index (χ4n) is 3.89. The standard InChI is InChI=1S/C25H31NO2S/c1-3-23(28-21-12-8-5-9-13-21)24(20-14-16-22(29-2)17-15-20)25(27)26-18-19-10-6-4-7-11-19/h3-4,6-7,10-11,14-17,21,23-24H,1,5,8-9,12-13,18H2,2H3,(H,26,27)/t23-,24-/m1/s1. The van der Waals surface area contributed by atoms with E-state index in [9.17, 15) is 4.79 Å². The summed E-state index contributed by atoms with van der Waals surface area (Å²) in [5.74, 6) is -0.430. The van der Waals surface area contributed by atoms with Crippen LogP contribution in [0.4, 0.5) is 0 Å². The van der Waals surface area contributed by atoms with Gasteiger partial charge in [0.1, 0.15) is 0 Å². The second-order valence-corrected chi connectivity index (χ2v) is 8.43. The number of carbonyl (C=O) groups excluding carboxylic acids is 1. The first-order valence-electron chi connectivity index (χ1n) is 10.4. The lowest BCUT2D eigenvalue weighted by Gasteiger charge is -2.30. The monoisotopic (exact) mass is 409 g/mol. The van der Waals surface area contributed by atoms with E-state index in [1.165, 1.54) is 24.2 Å². The van der Waals surface area contributed by atoms with Crippen LogP contribution in [-0.2, 0) is 16.1 Å². The highest BCUT2D eigenvalue weighted by Crippen LogP contribution is 2.30. The maximum atomic E-state index is 13.3. The van der Waals surface area contributed by atoms with E-state index in [2.05, 4.69) is 30.3 Å². The summed E-state index contributed by atoms with van der Waals surface area (Å²) in [6.07, 6.45) is 9.51. The van der Waals surface area contributed by atoms with Gasteiger partial charge in [-0.25, -0.2) is 0 Å². The number of hydrogen-bond donors (Lipinski definition) is 1. The van der Waals surface area contributed by atoms with Crippen LogP contribution in [-0.4, -0.2) is 24.4 Å². The van der Waals surface area contributed by atoms with Gasteiger partial charge in [-0.3, -0.25) is 4.79 Å². The second kappa shape index (κ2) is 11.2. The number of hydrogen-bond acceptors (Lipinski definition) is 3. The molecule has 0 aliphatic heterocycles. The van der Waals surface area contributed by atoms with Crippen LogP contribution in [0, 0.1) is 0 Å². The molecule has 1 amide bonds. The Hall–Kier alpha value is -2.04. The fraction of sp³-hybridized carbons (Fsp3) is 0.400. The van der Waals surface area contributed by atoms with Crippen molar-refractivity contribution in [1.29, 1.82) is 0 Å². The van der Waals surface area contributed by atoms with Gasteiger partial charge < -0.3 is 10.1 Å². The number of rotatable bonds is 9. The van der Waals surface area contributed by atoms with Crippen LogP contribution in [0.1, 0.15) is 49.1 Å². The molecular weight excluding hydrogens is 378 g/mol. The summed E-state index contributed by atoms with van der Waals surface area (Å²) in [6.45, 7) is 4.50. The molecule has 4 heteroatoms. The number of carbonyl (C=O) groups is 1. The minimum Gasteiger partial charge on any atom is -0.370 e. The van der Waals surface area contributed by atoms with Gasteiger partial charge in [0.05, 0.1) is 18.1 Å². The largest absolute Gasteiger partial charge is 0.370 e. The molecule has 154 valence electrons. The third-order valence-electron chi connectivity index (χ3n) is 5.53. The molecule has 1 saturated carbocycles. The van der Waals surface area contributed by atoms with E-state index in [0.29, 0.717) is 6.54 Å². The van der Waals surface area contributed by atoms with Gasteiger partial charge in [-0.1, -0.05) is 67.8 Å². The van der Waals surface area contributed by atoms with E-state index < -0.39 is 5.92 Å². The minimum atomic E-state index is -0.408. The Labute approximate surface area is 178 Å². The number of benzene rings is 2. The van der Waals surface area contributed by atoms with Gasteiger partial charge in [0.2, 0.25) is 5.91 Å². The highest BCUT2D eigenvalue weighted by atomic mass is 32.2. The van der Waals surface area contributed by atoms with E-state index >= 15 is 0 Å². The number of amides is 1. The normalized spacial score (nSPS) is 16.7. The molecule has 2 aromatic rings. The third kappa shape index (κ3) is 6.22. The zero-order valence-electron chi connectivity index (χ0n) is 17.2. The lowest BCUT2D eigenvalue weighted by molar-refractivity contribution is -0.127. The average molecular weight is 410 g/mol. The van der Waals surface area contributed by atoms with Gasteiger partial charge in [0.25, 0.3) is 0 Å². The zero-order valence-corrected chi connectivity index (χ0v) is 18.0. The van der Waals surface area contributed by atoms with Crippen molar-refractivity contribution in [3.8, 4) is 0 Å². The Balaban J connectivity index is 1.78.